The molecule has 0 saturated heterocycles. The van der Waals surface area contributed by atoms with Crippen molar-refractivity contribution in [1.29, 1.82) is 0 Å². The smallest absolute Gasteiger partial charge is 0.263 e. The lowest BCUT2D eigenvalue weighted by Gasteiger charge is -2.36. The number of hydrogen-bond donors (Lipinski definition) is 0. The molecule has 1 amide bonds. The van der Waals surface area contributed by atoms with Gasteiger partial charge in [-0.05, 0) is 55.7 Å². The molecular formula is C19H18F3NO2. The van der Waals surface area contributed by atoms with Crippen molar-refractivity contribution in [2.24, 2.45) is 0 Å². The first-order valence-electron chi connectivity index (χ1n) is 8.07. The molecule has 25 heavy (non-hydrogen) atoms. The molecule has 1 aliphatic heterocycles. The third-order valence-corrected chi connectivity index (χ3v) is 4.48. The van der Waals surface area contributed by atoms with Crippen molar-refractivity contribution in [3.8, 4) is 5.75 Å². The van der Waals surface area contributed by atoms with Crippen molar-refractivity contribution < 1.29 is 22.7 Å². The molecule has 0 bridgehead atoms. The van der Waals surface area contributed by atoms with Crippen LogP contribution in [0.5, 0.6) is 5.75 Å². The average Bonchev–Trinajstić information content (AvgIpc) is 2.58. The first-order valence-corrected chi connectivity index (χ1v) is 8.07. The molecule has 0 fully saturated rings. The van der Waals surface area contributed by atoms with Crippen LogP contribution in [0.2, 0.25) is 0 Å². The van der Waals surface area contributed by atoms with Crippen LogP contribution in [0.1, 0.15) is 31.0 Å². The Morgan fingerprint density at radius 3 is 2.64 bits per heavy atom. The summed E-state index contributed by atoms with van der Waals surface area (Å²) in [5.41, 5.74) is 1.80. The van der Waals surface area contributed by atoms with Gasteiger partial charge in [0.1, 0.15) is 11.6 Å². The van der Waals surface area contributed by atoms with E-state index in [0.717, 1.165) is 23.3 Å². The zero-order chi connectivity index (χ0) is 18.1. The summed E-state index contributed by atoms with van der Waals surface area (Å²) < 4.78 is 45.2. The van der Waals surface area contributed by atoms with Crippen LogP contribution in [-0.4, -0.2) is 23.5 Å². The number of carbonyl (C=O) groups excluding carboxylic acids is 1. The fourth-order valence-electron chi connectivity index (χ4n) is 3.12. The van der Waals surface area contributed by atoms with Gasteiger partial charge >= 0.3 is 0 Å². The zero-order valence-electron chi connectivity index (χ0n) is 13.9. The van der Waals surface area contributed by atoms with Gasteiger partial charge in [-0.3, -0.25) is 4.79 Å². The van der Waals surface area contributed by atoms with E-state index in [1.165, 1.54) is 18.2 Å². The number of benzene rings is 2. The van der Waals surface area contributed by atoms with Gasteiger partial charge in [0.15, 0.2) is 17.7 Å². The van der Waals surface area contributed by atoms with Gasteiger partial charge in [0, 0.05) is 12.6 Å². The number of halogens is 3. The molecule has 0 spiro atoms. The number of hydrogen-bond acceptors (Lipinski definition) is 2. The average molecular weight is 349 g/mol. The van der Waals surface area contributed by atoms with Crippen LogP contribution in [0.25, 0.3) is 0 Å². The molecule has 2 atom stereocenters. The summed E-state index contributed by atoms with van der Waals surface area (Å²) in [6, 6.07) is 7.44. The van der Waals surface area contributed by atoms with Crippen molar-refractivity contribution in [3.63, 3.8) is 0 Å². The Morgan fingerprint density at radius 1 is 1.16 bits per heavy atom. The molecule has 0 saturated carbocycles. The fraction of sp³-hybridized carbons (Fsp3) is 0.316. The Hall–Kier alpha value is -2.50. The standard InChI is InChI=1S/C19H18F3NO2/c1-11-16-9-14(20)4-3-13(16)7-8-23(11)19(24)12(2)25-15-5-6-17(21)18(22)10-15/h3-6,9-12H,7-8H2,1-2H3. The van der Waals surface area contributed by atoms with Gasteiger partial charge in [0.25, 0.3) is 5.91 Å². The van der Waals surface area contributed by atoms with E-state index in [-0.39, 0.29) is 23.5 Å². The van der Waals surface area contributed by atoms with Gasteiger partial charge in [0.05, 0.1) is 6.04 Å². The highest BCUT2D eigenvalue weighted by Gasteiger charge is 2.31. The fourth-order valence-corrected chi connectivity index (χ4v) is 3.12. The van der Waals surface area contributed by atoms with Crippen LogP contribution in [0.15, 0.2) is 36.4 Å². The third-order valence-electron chi connectivity index (χ3n) is 4.48. The highest BCUT2D eigenvalue weighted by molar-refractivity contribution is 5.81. The predicted octanol–water partition coefficient (Wildman–Crippen LogP) is 4.02. The lowest BCUT2D eigenvalue weighted by Crippen LogP contribution is -2.45. The van der Waals surface area contributed by atoms with Crippen molar-refractivity contribution in [2.45, 2.75) is 32.4 Å². The first-order chi connectivity index (χ1) is 11.9. The number of fused-ring (bicyclic) bond motifs is 1. The van der Waals surface area contributed by atoms with Gasteiger partial charge in [-0.2, -0.15) is 0 Å². The second kappa shape index (κ2) is 6.78. The number of ether oxygens (including phenoxy) is 1. The van der Waals surface area contributed by atoms with E-state index in [9.17, 15) is 18.0 Å². The largest absolute Gasteiger partial charge is 0.481 e. The molecule has 2 aromatic carbocycles. The second-order valence-corrected chi connectivity index (χ2v) is 6.14. The third kappa shape index (κ3) is 3.48. The van der Waals surface area contributed by atoms with E-state index in [2.05, 4.69) is 0 Å². The van der Waals surface area contributed by atoms with Gasteiger partial charge < -0.3 is 9.64 Å². The van der Waals surface area contributed by atoms with Crippen LogP contribution in [0.4, 0.5) is 13.2 Å². The molecule has 1 heterocycles. The topological polar surface area (TPSA) is 29.5 Å². The maximum Gasteiger partial charge on any atom is 0.263 e. The molecule has 6 heteroatoms. The maximum absolute atomic E-state index is 13.5. The summed E-state index contributed by atoms with van der Waals surface area (Å²) in [5.74, 6) is -2.56. The molecular weight excluding hydrogens is 331 g/mol. The molecule has 2 unspecified atom stereocenters. The summed E-state index contributed by atoms with van der Waals surface area (Å²) in [5, 5.41) is 0. The summed E-state index contributed by atoms with van der Waals surface area (Å²) in [4.78, 5) is 14.3. The number of amides is 1. The molecule has 2 aromatic rings. The van der Waals surface area contributed by atoms with E-state index in [1.807, 2.05) is 6.92 Å². The van der Waals surface area contributed by atoms with E-state index >= 15 is 0 Å². The molecule has 3 nitrogen and oxygen atoms in total. The minimum Gasteiger partial charge on any atom is -0.481 e. The van der Waals surface area contributed by atoms with Crippen LogP contribution in [0, 0.1) is 17.5 Å². The minimum atomic E-state index is -1.03. The Bertz CT molecular complexity index is 809. The normalized spacial score (nSPS) is 17.8. The number of carbonyl (C=O) groups is 1. The minimum absolute atomic E-state index is 0.0795. The summed E-state index contributed by atoms with van der Waals surface area (Å²) >= 11 is 0. The second-order valence-electron chi connectivity index (χ2n) is 6.14. The Labute approximate surface area is 144 Å². The number of rotatable bonds is 3. The van der Waals surface area contributed by atoms with E-state index in [1.54, 1.807) is 17.9 Å². The highest BCUT2D eigenvalue weighted by Crippen LogP contribution is 2.31. The Kier molecular flexibility index (Phi) is 4.70. The molecule has 0 radical (unpaired) electrons. The lowest BCUT2D eigenvalue weighted by atomic mass is 9.93. The SMILES string of the molecule is CC(Oc1ccc(F)c(F)c1)C(=O)N1CCc2ccc(F)cc2C1C. The Morgan fingerprint density at radius 2 is 1.92 bits per heavy atom. The first kappa shape index (κ1) is 17.3. The maximum atomic E-state index is 13.5. The molecule has 132 valence electrons. The van der Waals surface area contributed by atoms with Crippen LogP contribution in [0.3, 0.4) is 0 Å². The van der Waals surface area contributed by atoms with E-state index in [4.69, 9.17) is 4.74 Å². The van der Waals surface area contributed by atoms with Crippen molar-refractivity contribution in [2.75, 3.05) is 6.54 Å². The van der Waals surface area contributed by atoms with Crippen molar-refractivity contribution in [3.05, 3.63) is 65.0 Å². The predicted molar refractivity (Wildman–Crippen MR) is 86.7 cm³/mol. The molecule has 1 aliphatic rings. The van der Waals surface area contributed by atoms with Crippen molar-refractivity contribution in [1.82, 2.24) is 4.90 Å². The number of nitrogens with zero attached hydrogens (tertiary/aromatic N) is 1. The van der Waals surface area contributed by atoms with Crippen LogP contribution < -0.4 is 4.74 Å². The van der Waals surface area contributed by atoms with E-state index < -0.39 is 17.7 Å². The van der Waals surface area contributed by atoms with E-state index in [0.29, 0.717) is 13.0 Å². The van der Waals surface area contributed by atoms with Crippen molar-refractivity contribution >= 4 is 5.91 Å². The van der Waals surface area contributed by atoms with Gasteiger partial charge in [-0.25, -0.2) is 13.2 Å². The molecule has 0 aliphatic carbocycles. The summed E-state index contributed by atoms with van der Waals surface area (Å²) in [7, 11) is 0. The van der Waals surface area contributed by atoms with Crippen LogP contribution in [-0.2, 0) is 11.2 Å². The van der Waals surface area contributed by atoms with Gasteiger partial charge in [-0.1, -0.05) is 6.07 Å². The van der Waals surface area contributed by atoms with Gasteiger partial charge in [-0.15, -0.1) is 0 Å². The summed E-state index contributed by atoms with van der Waals surface area (Å²) in [6.45, 7) is 3.88. The van der Waals surface area contributed by atoms with Gasteiger partial charge in [0.2, 0.25) is 0 Å². The molecule has 0 N–H and O–H groups in total. The molecule has 0 aromatic heterocycles. The highest BCUT2D eigenvalue weighted by atomic mass is 19.2. The monoisotopic (exact) mass is 349 g/mol. The lowest BCUT2D eigenvalue weighted by molar-refractivity contribution is -0.140. The quantitative estimate of drug-likeness (QED) is 0.838. The molecule has 3 rings (SSSR count). The summed E-state index contributed by atoms with van der Waals surface area (Å²) in [6.07, 6.45) is -0.244. The zero-order valence-corrected chi connectivity index (χ0v) is 13.9. The van der Waals surface area contributed by atoms with Crippen LogP contribution >= 0.6 is 0 Å². The Balaban J connectivity index is 1.75.